The summed E-state index contributed by atoms with van der Waals surface area (Å²) in [5.41, 5.74) is 13.4. The number of hydrogen-bond acceptors (Lipinski definition) is 3. The Bertz CT molecular complexity index is 3200. The summed E-state index contributed by atoms with van der Waals surface area (Å²) in [4.78, 5) is 2.36. The van der Waals surface area contributed by atoms with Crippen LogP contribution in [0.3, 0.4) is 0 Å². The van der Waals surface area contributed by atoms with Gasteiger partial charge in [0.1, 0.15) is 16.7 Å². The number of benzene rings is 9. The minimum absolute atomic E-state index is 0.845. The molecule has 0 radical (unpaired) electrons. The summed E-state index contributed by atoms with van der Waals surface area (Å²) < 4.78 is 13.2. The Kier molecular flexibility index (Phi) is 7.17. The van der Waals surface area contributed by atoms with E-state index in [2.05, 4.69) is 181 Å². The van der Waals surface area contributed by atoms with E-state index in [0.717, 1.165) is 77.6 Å². The van der Waals surface area contributed by atoms with Gasteiger partial charge in [-0.15, -0.1) is 0 Å². The van der Waals surface area contributed by atoms with Crippen molar-refractivity contribution >= 4 is 71.7 Å². The molecule has 0 bridgehead atoms. The third-order valence-electron chi connectivity index (χ3n) is 10.9. The van der Waals surface area contributed by atoms with Crippen molar-refractivity contribution in [3.8, 4) is 33.4 Å². The molecule has 0 amide bonds. The maximum Gasteiger partial charge on any atom is 0.159 e. The fourth-order valence-electron chi connectivity index (χ4n) is 8.40. The van der Waals surface area contributed by atoms with Crippen molar-refractivity contribution in [1.82, 2.24) is 0 Å². The number of fused-ring (bicyclic) bond motifs is 7. The lowest BCUT2D eigenvalue weighted by atomic mass is 9.90. The highest BCUT2D eigenvalue weighted by atomic mass is 16.3. The molecule has 9 aromatic carbocycles. The molecule has 55 heavy (non-hydrogen) atoms. The van der Waals surface area contributed by atoms with E-state index >= 15 is 0 Å². The van der Waals surface area contributed by atoms with Gasteiger partial charge in [-0.25, -0.2) is 0 Å². The quantitative estimate of drug-likeness (QED) is 0.173. The van der Waals surface area contributed by atoms with Crippen LogP contribution < -0.4 is 4.90 Å². The number of hydrogen-bond donors (Lipinski definition) is 0. The molecule has 2 heterocycles. The minimum Gasteiger partial charge on any atom is -0.455 e. The van der Waals surface area contributed by atoms with Crippen LogP contribution in [0, 0.1) is 0 Å². The van der Waals surface area contributed by atoms with Gasteiger partial charge < -0.3 is 13.7 Å². The highest BCUT2D eigenvalue weighted by molar-refractivity contribution is 6.13. The molecule has 11 rings (SSSR count). The average molecular weight is 704 g/mol. The first-order valence-corrected chi connectivity index (χ1v) is 18.7. The smallest absolute Gasteiger partial charge is 0.159 e. The molecular formula is C52H33NO2. The third kappa shape index (κ3) is 5.05. The van der Waals surface area contributed by atoms with E-state index in [0.29, 0.717) is 0 Å². The number of furan rings is 2. The second-order valence-corrected chi connectivity index (χ2v) is 14.0. The lowest BCUT2D eigenvalue weighted by molar-refractivity contribution is 0.669. The molecule has 0 N–H and O–H groups in total. The lowest BCUT2D eigenvalue weighted by Crippen LogP contribution is -2.11. The molecule has 0 aliphatic rings. The van der Waals surface area contributed by atoms with Gasteiger partial charge in [-0.05, 0) is 69.4 Å². The zero-order valence-corrected chi connectivity index (χ0v) is 29.8. The number of anilines is 3. The summed E-state index contributed by atoms with van der Waals surface area (Å²) in [6.07, 6.45) is 0. The normalized spacial score (nSPS) is 11.6. The molecule has 0 aliphatic heterocycles. The van der Waals surface area contributed by atoms with Crippen LogP contribution in [0.5, 0.6) is 0 Å². The highest BCUT2D eigenvalue weighted by Gasteiger charge is 2.23. The zero-order chi connectivity index (χ0) is 36.3. The van der Waals surface area contributed by atoms with Gasteiger partial charge in [0.05, 0.1) is 11.4 Å². The van der Waals surface area contributed by atoms with Crippen molar-refractivity contribution < 1.29 is 8.83 Å². The first-order chi connectivity index (χ1) is 27.3. The van der Waals surface area contributed by atoms with Crippen LogP contribution in [-0.4, -0.2) is 0 Å². The molecular weight excluding hydrogens is 671 g/mol. The van der Waals surface area contributed by atoms with Crippen molar-refractivity contribution in [1.29, 1.82) is 0 Å². The Morgan fingerprint density at radius 2 is 0.818 bits per heavy atom. The second kappa shape index (κ2) is 12.6. The fraction of sp³-hybridized carbons (Fsp3) is 0. The van der Waals surface area contributed by atoms with Crippen LogP contribution in [0.1, 0.15) is 0 Å². The van der Waals surface area contributed by atoms with Crippen molar-refractivity contribution in [3.05, 3.63) is 200 Å². The molecule has 0 saturated carbocycles. The van der Waals surface area contributed by atoms with Gasteiger partial charge in [-0.1, -0.05) is 164 Å². The SMILES string of the molecule is c1ccc(-c2cccc3cccc(-c4ccccc4N(c4ccc(-c5cccc6c5oc5ccccc56)cc4)c4cccc5c4oc4ccccc45)c23)cc1. The largest absolute Gasteiger partial charge is 0.455 e. The van der Waals surface area contributed by atoms with Crippen LogP contribution in [0.4, 0.5) is 17.1 Å². The second-order valence-electron chi connectivity index (χ2n) is 14.0. The standard InChI is InChI=1S/C52H33NO2/c1-2-14-34(15-3-1)38-21-10-16-36-17-11-23-43(50(36)38)40-18-4-7-26-46(40)53(47-27-13-25-45-42-20-6-9-29-49(42)55-52(45)47)37-32-30-35(31-33-37)39-22-12-24-44-41-19-5-8-28-48(41)54-51(39)44/h1-33H. The van der Waals surface area contributed by atoms with Crippen LogP contribution in [0.2, 0.25) is 0 Å². The monoisotopic (exact) mass is 703 g/mol. The van der Waals surface area contributed by atoms with Crippen molar-refractivity contribution in [2.75, 3.05) is 4.90 Å². The summed E-state index contributed by atoms with van der Waals surface area (Å²) in [5, 5.41) is 6.85. The molecule has 0 spiro atoms. The summed E-state index contributed by atoms with van der Waals surface area (Å²) in [5.74, 6) is 0. The van der Waals surface area contributed by atoms with E-state index in [4.69, 9.17) is 8.83 Å². The van der Waals surface area contributed by atoms with E-state index in [9.17, 15) is 0 Å². The molecule has 258 valence electrons. The average Bonchev–Trinajstić information content (AvgIpc) is 3.83. The number of nitrogens with zero attached hydrogens (tertiary/aromatic N) is 1. The predicted molar refractivity (Wildman–Crippen MR) is 229 cm³/mol. The topological polar surface area (TPSA) is 29.5 Å². The van der Waals surface area contributed by atoms with Gasteiger partial charge in [0.15, 0.2) is 5.58 Å². The van der Waals surface area contributed by atoms with Gasteiger partial charge in [0.2, 0.25) is 0 Å². The van der Waals surface area contributed by atoms with Crippen molar-refractivity contribution in [3.63, 3.8) is 0 Å². The van der Waals surface area contributed by atoms with E-state index in [1.807, 2.05) is 24.3 Å². The molecule has 0 aliphatic carbocycles. The van der Waals surface area contributed by atoms with Crippen LogP contribution >= 0.6 is 0 Å². The summed E-state index contributed by atoms with van der Waals surface area (Å²) in [6.45, 7) is 0. The van der Waals surface area contributed by atoms with Gasteiger partial charge in [-0.2, -0.15) is 0 Å². The maximum absolute atomic E-state index is 6.72. The van der Waals surface area contributed by atoms with Crippen LogP contribution in [0.25, 0.3) is 88.0 Å². The molecule has 0 unspecified atom stereocenters. The Balaban J connectivity index is 1.14. The summed E-state index contributed by atoms with van der Waals surface area (Å²) in [6, 6.07) is 70.9. The predicted octanol–water partition coefficient (Wildman–Crippen LogP) is 15.1. The Morgan fingerprint density at radius 1 is 0.309 bits per heavy atom. The van der Waals surface area contributed by atoms with Gasteiger partial charge in [0, 0.05) is 38.4 Å². The number of rotatable bonds is 6. The molecule has 0 fully saturated rings. The van der Waals surface area contributed by atoms with E-state index < -0.39 is 0 Å². The van der Waals surface area contributed by atoms with Gasteiger partial charge in [-0.3, -0.25) is 0 Å². The highest BCUT2D eigenvalue weighted by Crippen LogP contribution is 2.48. The zero-order valence-electron chi connectivity index (χ0n) is 29.8. The Morgan fingerprint density at radius 3 is 1.58 bits per heavy atom. The first kappa shape index (κ1) is 31.2. The maximum atomic E-state index is 6.72. The Hall–Kier alpha value is -7.36. The number of para-hydroxylation sites is 5. The molecule has 0 atom stereocenters. The van der Waals surface area contributed by atoms with Gasteiger partial charge >= 0.3 is 0 Å². The van der Waals surface area contributed by atoms with Crippen molar-refractivity contribution in [2.24, 2.45) is 0 Å². The first-order valence-electron chi connectivity index (χ1n) is 18.7. The summed E-state index contributed by atoms with van der Waals surface area (Å²) in [7, 11) is 0. The van der Waals surface area contributed by atoms with E-state index in [-0.39, 0.29) is 0 Å². The van der Waals surface area contributed by atoms with E-state index in [1.165, 1.54) is 27.5 Å². The third-order valence-corrected chi connectivity index (χ3v) is 10.9. The molecule has 2 aromatic heterocycles. The molecule has 0 saturated heterocycles. The van der Waals surface area contributed by atoms with Crippen LogP contribution in [-0.2, 0) is 0 Å². The van der Waals surface area contributed by atoms with Gasteiger partial charge in [0.25, 0.3) is 0 Å². The lowest BCUT2D eigenvalue weighted by Gasteiger charge is -2.28. The minimum atomic E-state index is 0.845. The molecule has 3 heteroatoms. The van der Waals surface area contributed by atoms with Crippen LogP contribution in [0.15, 0.2) is 209 Å². The Labute approximate surface area is 317 Å². The van der Waals surface area contributed by atoms with E-state index in [1.54, 1.807) is 0 Å². The summed E-state index contributed by atoms with van der Waals surface area (Å²) >= 11 is 0. The van der Waals surface area contributed by atoms with Crippen molar-refractivity contribution in [2.45, 2.75) is 0 Å². The fourth-order valence-corrected chi connectivity index (χ4v) is 8.40. The molecule has 3 nitrogen and oxygen atoms in total. The molecule has 11 aromatic rings.